The van der Waals surface area contributed by atoms with Crippen LogP contribution in [-0.2, 0) is 11.3 Å². The van der Waals surface area contributed by atoms with E-state index in [1.807, 2.05) is 24.3 Å². The van der Waals surface area contributed by atoms with E-state index < -0.39 is 0 Å². The SMILES string of the molecule is N#Cc1cccc(-c2noc([C@@H]3COCCN3Cc3ccccn3)n2)c1. The van der Waals surface area contributed by atoms with Crippen molar-refractivity contribution in [2.45, 2.75) is 12.6 Å². The molecule has 4 rings (SSSR count). The molecule has 1 aliphatic heterocycles. The summed E-state index contributed by atoms with van der Waals surface area (Å²) in [5, 5.41) is 13.1. The number of morpholine rings is 1. The number of nitriles is 1. The van der Waals surface area contributed by atoms with Gasteiger partial charge in [-0.3, -0.25) is 9.88 Å². The smallest absolute Gasteiger partial charge is 0.246 e. The van der Waals surface area contributed by atoms with Crippen molar-refractivity contribution >= 4 is 0 Å². The van der Waals surface area contributed by atoms with Gasteiger partial charge in [0.15, 0.2) is 0 Å². The van der Waals surface area contributed by atoms with Gasteiger partial charge in [-0.1, -0.05) is 23.4 Å². The van der Waals surface area contributed by atoms with Gasteiger partial charge in [0.25, 0.3) is 0 Å². The normalized spacial score (nSPS) is 17.7. The maximum Gasteiger partial charge on any atom is 0.246 e. The molecule has 1 atom stereocenters. The molecule has 1 fully saturated rings. The minimum absolute atomic E-state index is 0.119. The second-order valence-electron chi connectivity index (χ2n) is 6.03. The molecule has 3 aromatic rings. The summed E-state index contributed by atoms with van der Waals surface area (Å²) in [5.41, 5.74) is 2.31. The second-order valence-corrected chi connectivity index (χ2v) is 6.03. The molecule has 0 spiro atoms. The fraction of sp³-hybridized carbons (Fsp3) is 0.263. The zero-order valence-electron chi connectivity index (χ0n) is 14.1. The van der Waals surface area contributed by atoms with E-state index in [1.165, 1.54) is 0 Å². The van der Waals surface area contributed by atoms with E-state index in [1.54, 1.807) is 24.4 Å². The molecule has 130 valence electrons. The van der Waals surface area contributed by atoms with Gasteiger partial charge in [0.2, 0.25) is 11.7 Å². The molecule has 0 aliphatic carbocycles. The Morgan fingerprint density at radius 2 is 2.19 bits per heavy atom. The largest absolute Gasteiger partial charge is 0.378 e. The summed E-state index contributed by atoms with van der Waals surface area (Å²) in [4.78, 5) is 11.2. The molecule has 0 saturated carbocycles. The first kappa shape index (κ1) is 16.4. The van der Waals surface area contributed by atoms with E-state index in [0.717, 1.165) is 17.8 Å². The number of aromatic nitrogens is 3. The van der Waals surface area contributed by atoms with E-state index >= 15 is 0 Å². The van der Waals surface area contributed by atoms with Crippen LogP contribution in [0.4, 0.5) is 0 Å². The molecule has 0 amide bonds. The predicted octanol–water partition coefficient (Wildman–Crippen LogP) is 2.58. The van der Waals surface area contributed by atoms with Crippen LogP contribution in [0.5, 0.6) is 0 Å². The van der Waals surface area contributed by atoms with E-state index in [9.17, 15) is 0 Å². The summed E-state index contributed by atoms with van der Waals surface area (Å²) in [6.07, 6.45) is 1.79. The monoisotopic (exact) mass is 347 g/mol. The fourth-order valence-corrected chi connectivity index (χ4v) is 2.97. The third-order valence-corrected chi connectivity index (χ3v) is 4.31. The Balaban J connectivity index is 1.57. The molecule has 26 heavy (non-hydrogen) atoms. The van der Waals surface area contributed by atoms with Crippen molar-refractivity contribution in [2.24, 2.45) is 0 Å². The molecule has 1 aromatic carbocycles. The standard InChI is InChI=1S/C19H17N5O2/c20-11-14-4-3-5-15(10-14)18-22-19(26-23-18)17-13-25-9-8-24(17)12-16-6-1-2-7-21-16/h1-7,10,17H,8-9,12-13H2/t17-/m0/s1. The van der Waals surface area contributed by atoms with E-state index in [0.29, 0.717) is 37.0 Å². The van der Waals surface area contributed by atoms with Crippen LogP contribution in [0.1, 0.15) is 23.2 Å². The average Bonchev–Trinajstić information content (AvgIpc) is 3.19. The van der Waals surface area contributed by atoms with Crippen LogP contribution in [0.25, 0.3) is 11.4 Å². The lowest BCUT2D eigenvalue weighted by atomic mass is 10.1. The molecule has 7 heteroatoms. The first-order valence-corrected chi connectivity index (χ1v) is 8.39. The Morgan fingerprint density at radius 1 is 1.23 bits per heavy atom. The van der Waals surface area contributed by atoms with Gasteiger partial charge in [-0.2, -0.15) is 10.2 Å². The molecule has 7 nitrogen and oxygen atoms in total. The number of benzene rings is 1. The number of nitrogens with zero attached hydrogens (tertiary/aromatic N) is 5. The van der Waals surface area contributed by atoms with E-state index in [2.05, 4.69) is 26.1 Å². The van der Waals surface area contributed by atoms with Gasteiger partial charge in [-0.15, -0.1) is 0 Å². The maximum absolute atomic E-state index is 9.05. The van der Waals surface area contributed by atoms with Crippen molar-refractivity contribution in [2.75, 3.05) is 19.8 Å². The van der Waals surface area contributed by atoms with Gasteiger partial charge in [0, 0.05) is 24.8 Å². The Labute approximate surface area is 150 Å². The highest BCUT2D eigenvalue weighted by Crippen LogP contribution is 2.26. The zero-order valence-corrected chi connectivity index (χ0v) is 14.1. The van der Waals surface area contributed by atoms with Crippen molar-refractivity contribution in [1.29, 1.82) is 5.26 Å². The Kier molecular flexibility index (Phi) is 4.69. The number of pyridine rings is 1. The van der Waals surface area contributed by atoms with E-state index in [4.69, 9.17) is 14.5 Å². The van der Waals surface area contributed by atoms with Gasteiger partial charge < -0.3 is 9.26 Å². The van der Waals surface area contributed by atoms with Crippen molar-refractivity contribution in [3.05, 3.63) is 65.8 Å². The minimum Gasteiger partial charge on any atom is -0.378 e. The topological polar surface area (TPSA) is 88.1 Å². The Bertz CT molecular complexity index is 919. The summed E-state index contributed by atoms with van der Waals surface area (Å²) in [6, 6.07) is 15.0. The van der Waals surface area contributed by atoms with Crippen molar-refractivity contribution in [3.63, 3.8) is 0 Å². The quantitative estimate of drug-likeness (QED) is 0.716. The van der Waals surface area contributed by atoms with Gasteiger partial charge in [0.1, 0.15) is 6.04 Å². The molecule has 0 bridgehead atoms. The predicted molar refractivity (Wildman–Crippen MR) is 92.7 cm³/mol. The molecule has 0 radical (unpaired) electrons. The Morgan fingerprint density at radius 3 is 3.04 bits per heavy atom. The second kappa shape index (κ2) is 7.44. The third-order valence-electron chi connectivity index (χ3n) is 4.31. The van der Waals surface area contributed by atoms with E-state index in [-0.39, 0.29) is 6.04 Å². The van der Waals surface area contributed by atoms with Gasteiger partial charge in [0.05, 0.1) is 30.5 Å². The molecule has 2 aromatic heterocycles. The minimum atomic E-state index is -0.119. The maximum atomic E-state index is 9.05. The van der Waals surface area contributed by atoms with Crippen molar-refractivity contribution in [3.8, 4) is 17.5 Å². The first-order chi connectivity index (χ1) is 12.8. The Hall–Kier alpha value is -3.08. The van der Waals surface area contributed by atoms with Gasteiger partial charge >= 0.3 is 0 Å². The average molecular weight is 347 g/mol. The summed E-state index contributed by atoms with van der Waals surface area (Å²) in [7, 11) is 0. The van der Waals surface area contributed by atoms with Crippen LogP contribution in [-0.4, -0.2) is 39.8 Å². The summed E-state index contributed by atoms with van der Waals surface area (Å²) in [6.45, 7) is 2.61. The lowest BCUT2D eigenvalue weighted by Crippen LogP contribution is -2.39. The zero-order chi connectivity index (χ0) is 17.8. The summed E-state index contributed by atoms with van der Waals surface area (Å²) in [5.74, 6) is 0.985. The molecule has 0 N–H and O–H groups in total. The first-order valence-electron chi connectivity index (χ1n) is 8.39. The van der Waals surface area contributed by atoms with Gasteiger partial charge in [-0.25, -0.2) is 0 Å². The number of hydrogen-bond acceptors (Lipinski definition) is 7. The van der Waals surface area contributed by atoms with Crippen molar-refractivity contribution in [1.82, 2.24) is 20.0 Å². The summed E-state index contributed by atoms with van der Waals surface area (Å²) >= 11 is 0. The summed E-state index contributed by atoms with van der Waals surface area (Å²) < 4.78 is 11.1. The number of ether oxygens (including phenoxy) is 1. The van der Waals surface area contributed by atoms with Crippen LogP contribution in [0.15, 0.2) is 53.2 Å². The van der Waals surface area contributed by atoms with Crippen LogP contribution in [0.3, 0.4) is 0 Å². The number of hydrogen-bond donors (Lipinski definition) is 0. The molecule has 0 unspecified atom stereocenters. The van der Waals surface area contributed by atoms with Crippen LogP contribution >= 0.6 is 0 Å². The van der Waals surface area contributed by atoms with Crippen LogP contribution < -0.4 is 0 Å². The lowest BCUT2D eigenvalue weighted by Gasteiger charge is -2.32. The van der Waals surface area contributed by atoms with Crippen molar-refractivity contribution < 1.29 is 9.26 Å². The third kappa shape index (κ3) is 3.47. The van der Waals surface area contributed by atoms with Crippen LogP contribution in [0.2, 0.25) is 0 Å². The molecule has 3 heterocycles. The highest BCUT2D eigenvalue weighted by atomic mass is 16.5. The van der Waals surface area contributed by atoms with Crippen LogP contribution in [0, 0.1) is 11.3 Å². The highest BCUT2D eigenvalue weighted by molar-refractivity contribution is 5.57. The van der Waals surface area contributed by atoms with Gasteiger partial charge in [-0.05, 0) is 24.3 Å². The molecular weight excluding hydrogens is 330 g/mol. The molecule has 1 saturated heterocycles. The fourth-order valence-electron chi connectivity index (χ4n) is 2.97. The lowest BCUT2D eigenvalue weighted by molar-refractivity contribution is -0.0246. The molecule has 1 aliphatic rings. The number of rotatable bonds is 4. The highest BCUT2D eigenvalue weighted by Gasteiger charge is 2.30. The molecular formula is C19H17N5O2.